The first-order valence-corrected chi connectivity index (χ1v) is 10.6. The molecule has 0 aliphatic carbocycles. The zero-order valence-electron chi connectivity index (χ0n) is 17.4. The molecule has 0 bridgehead atoms. The minimum absolute atomic E-state index is 0.105. The molecule has 3 heterocycles. The molecule has 4 rings (SSSR count). The highest BCUT2D eigenvalue weighted by Gasteiger charge is 2.32. The Labute approximate surface area is 185 Å². The predicted molar refractivity (Wildman–Crippen MR) is 116 cm³/mol. The first-order chi connectivity index (χ1) is 14.9. The molecule has 0 radical (unpaired) electrons. The van der Waals surface area contributed by atoms with Crippen molar-refractivity contribution in [2.24, 2.45) is 11.8 Å². The smallest absolute Gasteiger partial charge is 0.225 e. The van der Waals surface area contributed by atoms with Gasteiger partial charge in [0.15, 0.2) is 17.4 Å². The summed E-state index contributed by atoms with van der Waals surface area (Å²) < 4.78 is 34.8. The van der Waals surface area contributed by atoms with E-state index in [1.54, 1.807) is 12.1 Å². The molecular weight excluding hydrogens is 422 g/mol. The lowest BCUT2D eigenvalue weighted by atomic mass is 9.99. The van der Waals surface area contributed by atoms with E-state index in [1.165, 1.54) is 18.3 Å². The van der Waals surface area contributed by atoms with Gasteiger partial charge in [0.05, 0.1) is 6.61 Å². The van der Waals surface area contributed by atoms with Gasteiger partial charge in [-0.15, -0.1) is 0 Å². The summed E-state index contributed by atoms with van der Waals surface area (Å²) in [5.41, 5.74) is 2.03. The van der Waals surface area contributed by atoms with Crippen molar-refractivity contribution in [1.82, 2.24) is 15.0 Å². The average molecular weight is 445 g/mol. The van der Waals surface area contributed by atoms with Crippen LogP contribution in [0.2, 0.25) is 5.15 Å². The number of pyridine rings is 1. The van der Waals surface area contributed by atoms with Crippen molar-refractivity contribution in [2.75, 3.05) is 24.6 Å². The molecule has 2 aromatic heterocycles. The second kappa shape index (κ2) is 9.14. The van der Waals surface area contributed by atoms with Gasteiger partial charge in [0.1, 0.15) is 5.15 Å². The molecule has 2 unspecified atom stereocenters. The Morgan fingerprint density at radius 2 is 1.74 bits per heavy atom. The van der Waals surface area contributed by atoms with E-state index in [2.05, 4.69) is 33.7 Å². The highest BCUT2D eigenvalue weighted by molar-refractivity contribution is 6.29. The number of hydrogen-bond donors (Lipinski definition) is 0. The summed E-state index contributed by atoms with van der Waals surface area (Å²) in [6, 6.07) is 5.73. The molecule has 1 saturated heterocycles. The van der Waals surface area contributed by atoms with E-state index < -0.39 is 11.6 Å². The summed E-state index contributed by atoms with van der Waals surface area (Å²) >= 11 is 5.77. The zero-order chi connectivity index (χ0) is 22.0. The van der Waals surface area contributed by atoms with Crippen LogP contribution in [0, 0.1) is 23.5 Å². The molecule has 8 heteroatoms. The van der Waals surface area contributed by atoms with E-state index in [-0.39, 0.29) is 24.2 Å². The minimum atomic E-state index is -0.744. The normalized spacial score (nSPS) is 18.4. The third-order valence-corrected chi connectivity index (χ3v) is 5.88. The number of aromatic nitrogens is 3. The molecule has 1 aliphatic heterocycles. The van der Waals surface area contributed by atoms with Crippen LogP contribution in [0.5, 0.6) is 5.75 Å². The lowest BCUT2D eigenvalue weighted by Gasteiger charge is -2.17. The van der Waals surface area contributed by atoms with E-state index >= 15 is 0 Å². The number of rotatable bonds is 6. The Morgan fingerprint density at radius 1 is 1.03 bits per heavy atom. The quantitative estimate of drug-likeness (QED) is 0.490. The first-order valence-electron chi connectivity index (χ1n) is 10.2. The highest BCUT2D eigenvalue weighted by atomic mass is 35.5. The van der Waals surface area contributed by atoms with Gasteiger partial charge < -0.3 is 9.64 Å². The fourth-order valence-electron chi connectivity index (χ4n) is 3.71. The second-order valence-corrected chi connectivity index (χ2v) is 8.22. The minimum Gasteiger partial charge on any atom is -0.487 e. The molecule has 1 fully saturated rings. The molecule has 0 amide bonds. The van der Waals surface area contributed by atoms with Crippen molar-refractivity contribution in [3.8, 4) is 16.9 Å². The number of halogens is 3. The Hall–Kier alpha value is -2.80. The lowest BCUT2D eigenvalue weighted by molar-refractivity contribution is 0.216. The van der Waals surface area contributed by atoms with E-state index in [0.717, 1.165) is 18.5 Å². The number of nitrogens with zero attached hydrogens (tertiary/aromatic N) is 4. The fourth-order valence-corrected chi connectivity index (χ4v) is 3.82. The molecule has 2 atom stereocenters. The third kappa shape index (κ3) is 4.77. The summed E-state index contributed by atoms with van der Waals surface area (Å²) in [4.78, 5) is 14.9. The van der Waals surface area contributed by atoms with Gasteiger partial charge in [0.2, 0.25) is 5.95 Å². The molecule has 31 heavy (non-hydrogen) atoms. The van der Waals surface area contributed by atoms with Crippen LogP contribution in [0.15, 0.2) is 42.9 Å². The van der Waals surface area contributed by atoms with Gasteiger partial charge in [-0.3, -0.25) is 0 Å². The van der Waals surface area contributed by atoms with Crippen molar-refractivity contribution in [1.29, 1.82) is 0 Å². The maximum atomic E-state index is 14.6. The number of ether oxygens (including phenoxy) is 1. The zero-order valence-corrected chi connectivity index (χ0v) is 18.1. The van der Waals surface area contributed by atoms with Crippen LogP contribution in [0.1, 0.15) is 19.4 Å². The van der Waals surface area contributed by atoms with Crippen molar-refractivity contribution >= 4 is 17.5 Å². The van der Waals surface area contributed by atoms with Gasteiger partial charge in [-0.05, 0) is 47.7 Å². The summed E-state index contributed by atoms with van der Waals surface area (Å²) in [6.45, 7) is 5.80. The Morgan fingerprint density at radius 3 is 2.35 bits per heavy atom. The summed E-state index contributed by atoms with van der Waals surface area (Å²) in [7, 11) is 0. The van der Waals surface area contributed by atoms with Crippen LogP contribution < -0.4 is 9.64 Å². The average Bonchev–Trinajstić information content (AvgIpc) is 3.14. The molecule has 0 saturated carbocycles. The number of aryl methyl sites for hydroxylation is 1. The van der Waals surface area contributed by atoms with Crippen molar-refractivity contribution in [3.05, 3.63) is 65.2 Å². The lowest BCUT2D eigenvalue weighted by Crippen LogP contribution is -2.24. The van der Waals surface area contributed by atoms with Gasteiger partial charge in [-0.1, -0.05) is 25.4 Å². The Bertz CT molecular complexity index is 1020. The van der Waals surface area contributed by atoms with Crippen molar-refractivity contribution < 1.29 is 13.5 Å². The van der Waals surface area contributed by atoms with E-state index in [1.807, 2.05) is 12.4 Å². The highest BCUT2D eigenvalue weighted by Crippen LogP contribution is 2.31. The number of hydrogen-bond acceptors (Lipinski definition) is 5. The topological polar surface area (TPSA) is 51.1 Å². The summed E-state index contributed by atoms with van der Waals surface area (Å²) in [5, 5.41) is 0.316. The molecule has 162 valence electrons. The first kappa shape index (κ1) is 21.4. The third-order valence-electron chi connectivity index (χ3n) is 5.65. The largest absolute Gasteiger partial charge is 0.487 e. The SMILES string of the molecule is CCc1cnc(N2CC(C)C(COc3c(F)cc(-c4ccc(Cl)nc4)cc3F)C2)nc1. The Balaban J connectivity index is 1.43. The van der Waals surface area contributed by atoms with E-state index in [4.69, 9.17) is 16.3 Å². The number of anilines is 1. The second-order valence-electron chi connectivity index (χ2n) is 7.84. The monoisotopic (exact) mass is 444 g/mol. The van der Waals surface area contributed by atoms with Crippen LogP contribution in [0.4, 0.5) is 14.7 Å². The summed E-state index contributed by atoms with van der Waals surface area (Å²) in [5.74, 6) is -0.796. The van der Waals surface area contributed by atoms with Crippen LogP contribution in [0.3, 0.4) is 0 Å². The molecule has 5 nitrogen and oxygen atoms in total. The van der Waals surface area contributed by atoms with Crippen LogP contribution >= 0.6 is 11.6 Å². The van der Waals surface area contributed by atoms with Gasteiger partial charge >= 0.3 is 0 Å². The molecule has 3 aromatic rings. The van der Waals surface area contributed by atoms with Crippen LogP contribution in [-0.4, -0.2) is 34.6 Å². The van der Waals surface area contributed by atoms with Crippen molar-refractivity contribution in [2.45, 2.75) is 20.3 Å². The molecule has 0 N–H and O–H groups in total. The maximum absolute atomic E-state index is 14.6. The standard InChI is InChI=1S/C23H23ClF2N4O/c1-3-15-8-28-23(29-9-15)30-11-14(2)18(12-30)13-31-22-19(25)6-17(7-20(22)26)16-4-5-21(24)27-10-16/h4-10,14,18H,3,11-13H2,1-2H3. The molecule has 1 aliphatic rings. The predicted octanol–water partition coefficient (Wildman–Crippen LogP) is 5.18. The molecular formula is C23H23ClF2N4O. The Kier molecular flexibility index (Phi) is 6.32. The van der Waals surface area contributed by atoms with Crippen LogP contribution in [-0.2, 0) is 6.42 Å². The fraction of sp³-hybridized carbons (Fsp3) is 0.348. The summed E-state index contributed by atoms with van der Waals surface area (Å²) in [6.07, 6.45) is 6.03. The van der Waals surface area contributed by atoms with E-state index in [0.29, 0.717) is 28.8 Å². The van der Waals surface area contributed by atoms with Gasteiger partial charge in [0.25, 0.3) is 0 Å². The van der Waals surface area contributed by atoms with Gasteiger partial charge in [-0.2, -0.15) is 0 Å². The van der Waals surface area contributed by atoms with Gasteiger partial charge in [0, 0.05) is 43.2 Å². The maximum Gasteiger partial charge on any atom is 0.225 e. The molecule has 0 spiro atoms. The molecule has 1 aromatic carbocycles. The van der Waals surface area contributed by atoms with Crippen LogP contribution in [0.25, 0.3) is 11.1 Å². The van der Waals surface area contributed by atoms with E-state index in [9.17, 15) is 8.78 Å². The number of benzene rings is 1. The van der Waals surface area contributed by atoms with Gasteiger partial charge in [-0.25, -0.2) is 23.7 Å². The van der Waals surface area contributed by atoms with Crippen molar-refractivity contribution in [3.63, 3.8) is 0 Å².